The molecule has 0 aliphatic heterocycles. The molecule has 1 N–H and O–H groups in total. The normalized spacial score (nSPS) is 12.8. The topological polar surface area (TPSA) is 20.2 Å². The second kappa shape index (κ2) is 4.65. The van der Waals surface area contributed by atoms with Crippen LogP contribution in [0.5, 0.6) is 0 Å². The molecule has 2 aromatic rings. The van der Waals surface area contributed by atoms with E-state index in [0.29, 0.717) is 5.56 Å². The van der Waals surface area contributed by atoms with Crippen LogP contribution in [0.25, 0.3) is 0 Å². The summed E-state index contributed by atoms with van der Waals surface area (Å²) in [5.74, 6) is -0.294. The Balaban J connectivity index is 2.35. The van der Waals surface area contributed by atoms with Crippen LogP contribution in [0, 0.1) is 12.7 Å². The third kappa shape index (κ3) is 2.34. The van der Waals surface area contributed by atoms with Crippen molar-refractivity contribution in [3.05, 3.63) is 55.9 Å². The summed E-state index contributed by atoms with van der Waals surface area (Å²) in [5.41, 5.74) is 0.698. The first-order chi connectivity index (χ1) is 7.58. The first kappa shape index (κ1) is 11.8. The minimum absolute atomic E-state index is 0.294. The van der Waals surface area contributed by atoms with Gasteiger partial charge < -0.3 is 5.11 Å². The van der Waals surface area contributed by atoms with Gasteiger partial charge in [-0.3, -0.25) is 0 Å². The van der Waals surface area contributed by atoms with Gasteiger partial charge in [0.05, 0.1) is 4.88 Å². The highest BCUT2D eigenvalue weighted by molar-refractivity contribution is 9.10. The van der Waals surface area contributed by atoms with E-state index in [1.165, 1.54) is 23.5 Å². The minimum atomic E-state index is -0.700. The zero-order valence-corrected chi connectivity index (χ0v) is 11.0. The average molecular weight is 301 g/mol. The summed E-state index contributed by atoms with van der Waals surface area (Å²) in [5, 5.41) is 10.1. The van der Waals surface area contributed by atoms with Gasteiger partial charge in [0.1, 0.15) is 11.9 Å². The fraction of sp³-hybridized carbons (Fsp3) is 0.167. The minimum Gasteiger partial charge on any atom is -0.383 e. The molecule has 1 aromatic heterocycles. The van der Waals surface area contributed by atoms with Crippen molar-refractivity contribution in [3.63, 3.8) is 0 Å². The molecule has 1 unspecified atom stereocenters. The molecule has 4 heteroatoms. The maximum absolute atomic E-state index is 12.7. The molecule has 0 radical (unpaired) electrons. The molecule has 1 nitrogen and oxygen atoms in total. The number of aryl methyl sites for hydroxylation is 1. The highest BCUT2D eigenvalue weighted by atomic mass is 79.9. The van der Waals surface area contributed by atoms with Crippen molar-refractivity contribution in [1.82, 2.24) is 0 Å². The van der Waals surface area contributed by atoms with Crippen LogP contribution in [0.3, 0.4) is 0 Å². The van der Waals surface area contributed by atoms with E-state index in [1.54, 1.807) is 12.1 Å². The lowest BCUT2D eigenvalue weighted by atomic mass is 10.1. The van der Waals surface area contributed by atoms with E-state index < -0.39 is 6.10 Å². The molecule has 2 rings (SSSR count). The number of hydrogen-bond donors (Lipinski definition) is 1. The summed E-state index contributed by atoms with van der Waals surface area (Å²) in [6.07, 6.45) is -0.700. The number of thiophene rings is 1. The van der Waals surface area contributed by atoms with E-state index >= 15 is 0 Å². The van der Waals surface area contributed by atoms with Gasteiger partial charge in [-0.05, 0) is 46.6 Å². The van der Waals surface area contributed by atoms with Crippen LogP contribution in [0.15, 0.2) is 34.8 Å². The number of rotatable bonds is 2. The Hall–Kier alpha value is -0.710. The van der Waals surface area contributed by atoms with Crippen molar-refractivity contribution < 1.29 is 9.50 Å². The van der Waals surface area contributed by atoms with Crippen molar-refractivity contribution in [3.8, 4) is 0 Å². The van der Waals surface area contributed by atoms with Gasteiger partial charge >= 0.3 is 0 Å². The van der Waals surface area contributed by atoms with Crippen molar-refractivity contribution in [2.45, 2.75) is 13.0 Å². The number of aliphatic hydroxyl groups excluding tert-OH is 1. The van der Waals surface area contributed by atoms with Crippen LogP contribution in [0.2, 0.25) is 0 Å². The van der Waals surface area contributed by atoms with Crippen molar-refractivity contribution >= 4 is 27.3 Å². The summed E-state index contributed by atoms with van der Waals surface area (Å²) >= 11 is 4.94. The molecular weight excluding hydrogens is 291 g/mol. The van der Waals surface area contributed by atoms with E-state index in [2.05, 4.69) is 15.9 Å². The SMILES string of the molecule is Cc1cc(Br)c(C(O)c2ccc(F)cc2)s1. The first-order valence-corrected chi connectivity index (χ1v) is 6.38. The van der Waals surface area contributed by atoms with Gasteiger partial charge in [-0.2, -0.15) is 0 Å². The van der Waals surface area contributed by atoms with Crippen LogP contribution < -0.4 is 0 Å². The number of halogens is 2. The second-order valence-electron chi connectivity index (χ2n) is 3.52. The monoisotopic (exact) mass is 300 g/mol. The molecule has 1 atom stereocenters. The van der Waals surface area contributed by atoms with Gasteiger partial charge in [0.15, 0.2) is 0 Å². The Morgan fingerprint density at radius 2 is 1.94 bits per heavy atom. The lowest BCUT2D eigenvalue weighted by Crippen LogP contribution is -1.97. The molecular formula is C12H10BrFOS. The molecule has 0 fully saturated rings. The standard InChI is InChI=1S/C12H10BrFOS/c1-7-6-10(13)12(16-7)11(15)8-2-4-9(14)5-3-8/h2-6,11,15H,1H3. The Labute approximate surface area is 106 Å². The number of hydrogen-bond acceptors (Lipinski definition) is 2. The highest BCUT2D eigenvalue weighted by Gasteiger charge is 2.16. The maximum atomic E-state index is 12.7. The number of aliphatic hydroxyl groups is 1. The van der Waals surface area contributed by atoms with E-state index in [4.69, 9.17) is 0 Å². The Morgan fingerprint density at radius 1 is 1.31 bits per heavy atom. The summed E-state index contributed by atoms with van der Waals surface area (Å²) in [6.45, 7) is 1.98. The van der Waals surface area contributed by atoms with Crippen LogP contribution in [0.4, 0.5) is 4.39 Å². The summed E-state index contributed by atoms with van der Waals surface area (Å²) < 4.78 is 13.6. The zero-order chi connectivity index (χ0) is 11.7. The smallest absolute Gasteiger partial charge is 0.123 e. The largest absolute Gasteiger partial charge is 0.383 e. The third-order valence-corrected chi connectivity index (χ3v) is 4.29. The quantitative estimate of drug-likeness (QED) is 0.887. The molecule has 0 aliphatic carbocycles. The molecule has 0 bridgehead atoms. The highest BCUT2D eigenvalue weighted by Crippen LogP contribution is 2.35. The van der Waals surface area contributed by atoms with Gasteiger partial charge in [-0.15, -0.1) is 11.3 Å². The Morgan fingerprint density at radius 3 is 2.44 bits per heavy atom. The summed E-state index contributed by atoms with van der Waals surface area (Å²) in [6, 6.07) is 7.87. The van der Waals surface area contributed by atoms with Crippen molar-refractivity contribution in [2.24, 2.45) is 0 Å². The van der Waals surface area contributed by atoms with E-state index in [9.17, 15) is 9.50 Å². The molecule has 84 valence electrons. The predicted molar refractivity (Wildman–Crippen MR) is 67.2 cm³/mol. The van der Waals surface area contributed by atoms with Crippen LogP contribution in [-0.4, -0.2) is 5.11 Å². The van der Waals surface area contributed by atoms with Crippen molar-refractivity contribution in [2.75, 3.05) is 0 Å². The van der Waals surface area contributed by atoms with Gasteiger partial charge in [-0.25, -0.2) is 4.39 Å². The predicted octanol–water partition coefficient (Wildman–Crippen LogP) is 4.04. The molecule has 1 heterocycles. The Kier molecular flexibility index (Phi) is 3.42. The lowest BCUT2D eigenvalue weighted by Gasteiger charge is -2.09. The zero-order valence-electron chi connectivity index (χ0n) is 8.58. The fourth-order valence-electron chi connectivity index (χ4n) is 1.48. The summed E-state index contributed by atoms with van der Waals surface area (Å²) in [4.78, 5) is 1.98. The molecule has 0 amide bonds. The van der Waals surface area contributed by atoms with Gasteiger partial charge in [0, 0.05) is 9.35 Å². The van der Waals surface area contributed by atoms with Gasteiger partial charge in [-0.1, -0.05) is 12.1 Å². The van der Waals surface area contributed by atoms with Crippen LogP contribution in [-0.2, 0) is 0 Å². The van der Waals surface area contributed by atoms with Crippen LogP contribution >= 0.6 is 27.3 Å². The fourth-order valence-corrected chi connectivity index (χ4v) is 3.37. The molecule has 1 aromatic carbocycles. The molecule has 0 saturated heterocycles. The first-order valence-electron chi connectivity index (χ1n) is 4.77. The lowest BCUT2D eigenvalue weighted by molar-refractivity contribution is 0.223. The van der Waals surface area contributed by atoms with Gasteiger partial charge in [0.2, 0.25) is 0 Å². The third-order valence-electron chi connectivity index (χ3n) is 2.27. The number of benzene rings is 1. The maximum Gasteiger partial charge on any atom is 0.123 e. The molecule has 0 saturated carbocycles. The Bertz CT molecular complexity index is 492. The molecule has 16 heavy (non-hydrogen) atoms. The van der Waals surface area contributed by atoms with Crippen molar-refractivity contribution in [1.29, 1.82) is 0 Å². The van der Waals surface area contributed by atoms with Crippen LogP contribution in [0.1, 0.15) is 21.4 Å². The molecule has 0 spiro atoms. The van der Waals surface area contributed by atoms with Gasteiger partial charge in [0.25, 0.3) is 0 Å². The van der Waals surface area contributed by atoms with E-state index in [0.717, 1.165) is 14.2 Å². The van der Waals surface area contributed by atoms with E-state index in [1.807, 2.05) is 13.0 Å². The average Bonchev–Trinajstić information content (AvgIpc) is 2.58. The molecule has 0 aliphatic rings. The summed E-state index contributed by atoms with van der Waals surface area (Å²) in [7, 11) is 0. The van der Waals surface area contributed by atoms with E-state index in [-0.39, 0.29) is 5.82 Å². The second-order valence-corrected chi connectivity index (χ2v) is 5.67.